The van der Waals surface area contributed by atoms with Crippen molar-refractivity contribution in [1.82, 2.24) is 9.80 Å². The number of aryl methyl sites for hydroxylation is 2. The molecule has 24 heavy (non-hydrogen) atoms. The Morgan fingerprint density at radius 2 is 2.04 bits per heavy atom. The normalized spacial score (nSPS) is 21.4. The number of piperidine rings is 1. The molecule has 4 nitrogen and oxygen atoms in total. The predicted octanol–water partition coefficient (Wildman–Crippen LogP) is 2.79. The maximum atomic E-state index is 12.5. The number of amides is 2. The smallest absolute Gasteiger partial charge is 0.242 e. The molecule has 0 spiro atoms. The molecule has 4 heteroatoms. The highest BCUT2D eigenvalue weighted by atomic mass is 16.2. The molecular formula is C20H28N2O2. The van der Waals surface area contributed by atoms with Crippen LogP contribution in [0.5, 0.6) is 0 Å². The van der Waals surface area contributed by atoms with Crippen LogP contribution in [0.1, 0.15) is 43.2 Å². The van der Waals surface area contributed by atoms with Gasteiger partial charge in [0.05, 0.1) is 6.54 Å². The predicted molar refractivity (Wildman–Crippen MR) is 94.6 cm³/mol. The maximum Gasteiger partial charge on any atom is 0.242 e. The molecule has 3 rings (SSSR count). The summed E-state index contributed by atoms with van der Waals surface area (Å²) in [6, 6.07) is 8.56. The SMILES string of the molecule is Cc1ccccc1CC[C@@H]1CCCN(C(=O)CN2CCCC2=O)C1. The Balaban J connectivity index is 1.49. The topological polar surface area (TPSA) is 40.6 Å². The van der Waals surface area contributed by atoms with E-state index in [0.29, 0.717) is 12.3 Å². The molecule has 2 saturated heterocycles. The van der Waals surface area contributed by atoms with Crippen LogP contribution in [0.2, 0.25) is 0 Å². The van der Waals surface area contributed by atoms with Gasteiger partial charge in [0.2, 0.25) is 11.8 Å². The molecular weight excluding hydrogens is 300 g/mol. The van der Waals surface area contributed by atoms with E-state index in [1.807, 2.05) is 4.90 Å². The van der Waals surface area contributed by atoms with E-state index < -0.39 is 0 Å². The first kappa shape index (κ1) is 17.0. The molecule has 2 amide bonds. The molecule has 1 atom stereocenters. The molecule has 0 aromatic heterocycles. The third kappa shape index (κ3) is 4.16. The Kier molecular flexibility index (Phi) is 5.54. The fourth-order valence-electron chi connectivity index (χ4n) is 3.91. The summed E-state index contributed by atoms with van der Waals surface area (Å²) in [5.74, 6) is 0.846. The van der Waals surface area contributed by atoms with Crippen molar-refractivity contribution in [2.45, 2.75) is 45.4 Å². The fraction of sp³-hybridized carbons (Fsp3) is 0.600. The van der Waals surface area contributed by atoms with Gasteiger partial charge in [0.15, 0.2) is 0 Å². The highest BCUT2D eigenvalue weighted by Crippen LogP contribution is 2.23. The van der Waals surface area contributed by atoms with Crippen LogP contribution in [0, 0.1) is 12.8 Å². The number of carbonyl (C=O) groups excluding carboxylic acids is 2. The van der Waals surface area contributed by atoms with Gasteiger partial charge in [-0.1, -0.05) is 24.3 Å². The molecule has 0 unspecified atom stereocenters. The summed E-state index contributed by atoms with van der Waals surface area (Å²) in [5, 5.41) is 0. The van der Waals surface area contributed by atoms with Gasteiger partial charge < -0.3 is 9.80 Å². The van der Waals surface area contributed by atoms with E-state index in [2.05, 4.69) is 31.2 Å². The number of nitrogens with zero attached hydrogens (tertiary/aromatic N) is 2. The Morgan fingerprint density at radius 3 is 2.79 bits per heavy atom. The Labute approximate surface area is 144 Å². The van der Waals surface area contributed by atoms with Crippen LogP contribution in [0.15, 0.2) is 24.3 Å². The van der Waals surface area contributed by atoms with Gasteiger partial charge in [-0.05, 0) is 56.1 Å². The van der Waals surface area contributed by atoms with E-state index in [4.69, 9.17) is 0 Å². The van der Waals surface area contributed by atoms with Crippen molar-refractivity contribution >= 4 is 11.8 Å². The second kappa shape index (κ2) is 7.82. The van der Waals surface area contributed by atoms with Crippen molar-refractivity contribution in [2.75, 3.05) is 26.2 Å². The van der Waals surface area contributed by atoms with Crippen molar-refractivity contribution in [3.8, 4) is 0 Å². The summed E-state index contributed by atoms with van der Waals surface area (Å²) in [7, 11) is 0. The van der Waals surface area contributed by atoms with Gasteiger partial charge in [0.25, 0.3) is 0 Å². The lowest BCUT2D eigenvalue weighted by molar-refractivity contribution is -0.139. The maximum absolute atomic E-state index is 12.5. The van der Waals surface area contributed by atoms with Crippen LogP contribution in [0.4, 0.5) is 0 Å². The first-order chi connectivity index (χ1) is 11.6. The minimum absolute atomic E-state index is 0.130. The zero-order chi connectivity index (χ0) is 16.9. The highest BCUT2D eigenvalue weighted by Gasteiger charge is 2.28. The van der Waals surface area contributed by atoms with Crippen LogP contribution < -0.4 is 0 Å². The first-order valence-electron chi connectivity index (χ1n) is 9.23. The lowest BCUT2D eigenvalue weighted by atomic mass is 9.90. The summed E-state index contributed by atoms with van der Waals surface area (Å²) in [6.45, 7) is 4.89. The minimum Gasteiger partial charge on any atom is -0.341 e. The van der Waals surface area contributed by atoms with Crippen molar-refractivity contribution < 1.29 is 9.59 Å². The third-order valence-electron chi connectivity index (χ3n) is 5.45. The van der Waals surface area contributed by atoms with E-state index >= 15 is 0 Å². The second-order valence-corrected chi connectivity index (χ2v) is 7.23. The number of carbonyl (C=O) groups is 2. The Hall–Kier alpha value is -1.84. The van der Waals surface area contributed by atoms with Gasteiger partial charge in [-0.15, -0.1) is 0 Å². The molecule has 1 aromatic carbocycles. The van der Waals surface area contributed by atoms with Crippen LogP contribution >= 0.6 is 0 Å². The number of hydrogen-bond acceptors (Lipinski definition) is 2. The number of hydrogen-bond donors (Lipinski definition) is 0. The largest absolute Gasteiger partial charge is 0.341 e. The summed E-state index contributed by atoms with van der Waals surface area (Å²) in [6.07, 6.45) is 6.01. The van der Waals surface area contributed by atoms with Gasteiger partial charge in [0, 0.05) is 26.1 Å². The molecule has 1 aromatic rings. The zero-order valence-electron chi connectivity index (χ0n) is 14.7. The number of likely N-dealkylation sites (tertiary alicyclic amines) is 2. The quantitative estimate of drug-likeness (QED) is 0.834. The number of rotatable bonds is 5. The molecule has 2 aliphatic rings. The van der Waals surface area contributed by atoms with Crippen molar-refractivity contribution in [2.24, 2.45) is 5.92 Å². The van der Waals surface area contributed by atoms with Crippen LogP contribution in [-0.2, 0) is 16.0 Å². The average molecular weight is 328 g/mol. The van der Waals surface area contributed by atoms with E-state index in [1.165, 1.54) is 17.5 Å². The summed E-state index contributed by atoms with van der Waals surface area (Å²) < 4.78 is 0. The average Bonchev–Trinajstić information content (AvgIpc) is 2.99. The molecule has 2 fully saturated rings. The monoisotopic (exact) mass is 328 g/mol. The van der Waals surface area contributed by atoms with Gasteiger partial charge in [-0.2, -0.15) is 0 Å². The summed E-state index contributed by atoms with van der Waals surface area (Å²) >= 11 is 0. The lowest BCUT2D eigenvalue weighted by Gasteiger charge is -2.34. The van der Waals surface area contributed by atoms with Crippen LogP contribution in [0.25, 0.3) is 0 Å². The number of benzene rings is 1. The molecule has 2 aliphatic heterocycles. The molecule has 2 heterocycles. The fourth-order valence-corrected chi connectivity index (χ4v) is 3.91. The molecule has 0 saturated carbocycles. The van der Waals surface area contributed by atoms with E-state index in [0.717, 1.165) is 45.3 Å². The lowest BCUT2D eigenvalue weighted by Crippen LogP contribution is -2.45. The molecule has 0 N–H and O–H groups in total. The standard InChI is InChI=1S/C20H28N2O2/c1-16-6-2-3-8-18(16)11-10-17-7-4-12-21(14-17)20(24)15-22-13-5-9-19(22)23/h2-3,6,8,17H,4-5,7,9-15H2,1H3/t17-/m0/s1. The molecule has 0 radical (unpaired) electrons. The summed E-state index contributed by atoms with van der Waals surface area (Å²) in [4.78, 5) is 27.9. The summed E-state index contributed by atoms with van der Waals surface area (Å²) in [5.41, 5.74) is 2.78. The first-order valence-corrected chi connectivity index (χ1v) is 9.23. The highest BCUT2D eigenvalue weighted by molar-refractivity contribution is 5.85. The van der Waals surface area contributed by atoms with Gasteiger partial charge in [-0.25, -0.2) is 0 Å². The second-order valence-electron chi connectivity index (χ2n) is 7.23. The third-order valence-corrected chi connectivity index (χ3v) is 5.45. The van der Waals surface area contributed by atoms with E-state index in [-0.39, 0.29) is 18.4 Å². The Bertz CT molecular complexity index is 599. The molecule has 0 bridgehead atoms. The van der Waals surface area contributed by atoms with Gasteiger partial charge >= 0.3 is 0 Å². The van der Waals surface area contributed by atoms with E-state index in [1.54, 1.807) is 4.90 Å². The van der Waals surface area contributed by atoms with Crippen molar-refractivity contribution in [3.05, 3.63) is 35.4 Å². The molecule has 130 valence electrons. The minimum atomic E-state index is 0.130. The van der Waals surface area contributed by atoms with Crippen LogP contribution in [-0.4, -0.2) is 47.8 Å². The molecule has 0 aliphatic carbocycles. The zero-order valence-corrected chi connectivity index (χ0v) is 14.7. The van der Waals surface area contributed by atoms with Crippen molar-refractivity contribution in [1.29, 1.82) is 0 Å². The van der Waals surface area contributed by atoms with Gasteiger partial charge in [-0.3, -0.25) is 9.59 Å². The van der Waals surface area contributed by atoms with E-state index in [9.17, 15) is 9.59 Å². The van der Waals surface area contributed by atoms with Crippen molar-refractivity contribution in [3.63, 3.8) is 0 Å². The van der Waals surface area contributed by atoms with Gasteiger partial charge in [0.1, 0.15) is 0 Å². The Morgan fingerprint density at radius 1 is 1.21 bits per heavy atom. The van der Waals surface area contributed by atoms with Crippen LogP contribution in [0.3, 0.4) is 0 Å².